The van der Waals surface area contributed by atoms with Crippen LogP contribution in [0, 0.1) is 5.92 Å². The molecule has 2 aromatic rings. The molecule has 29 heavy (non-hydrogen) atoms. The van der Waals surface area contributed by atoms with E-state index in [4.69, 9.17) is 0 Å². The van der Waals surface area contributed by atoms with Gasteiger partial charge < -0.3 is 15.1 Å². The third kappa shape index (κ3) is 4.96. The monoisotopic (exact) mass is 395 g/mol. The minimum absolute atomic E-state index is 0.0735. The topological polar surface area (TPSA) is 81.3 Å². The summed E-state index contributed by atoms with van der Waals surface area (Å²) >= 11 is 0. The molecule has 0 aliphatic carbocycles. The third-order valence-electron chi connectivity index (χ3n) is 5.93. The van der Waals surface area contributed by atoms with E-state index in [9.17, 15) is 9.59 Å². The van der Waals surface area contributed by atoms with Crippen LogP contribution < -0.4 is 20.7 Å². The normalized spacial score (nSPS) is 19.8. The van der Waals surface area contributed by atoms with Crippen LogP contribution in [0.15, 0.2) is 41.3 Å². The lowest BCUT2D eigenvalue weighted by Crippen LogP contribution is -2.43. The second-order valence-corrected chi connectivity index (χ2v) is 8.02. The Hall–Kier alpha value is -2.83. The standard InChI is InChI=1S/C22H29N5O2/c28-21-13-20(15-24-25-21)27-12-4-5-18(16-27)22(29)23-14-17-6-8-19(9-7-17)26-10-2-1-3-11-26/h6-9,13,15,18H,1-5,10-12,14,16H2,(H,23,29)(H,25,28). The molecule has 154 valence electrons. The van der Waals surface area contributed by atoms with Crippen LogP contribution in [-0.2, 0) is 11.3 Å². The van der Waals surface area contributed by atoms with E-state index < -0.39 is 0 Å². The lowest BCUT2D eigenvalue weighted by atomic mass is 9.96. The van der Waals surface area contributed by atoms with Gasteiger partial charge in [-0.2, -0.15) is 5.10 Å². The molecule has 2 aliphatic rings. The fraction of sp³-hybridized carbons (Fsp3) is 0.500. The SMILES string of the molecule is O=C(NCc1ccc(N2CCCCC2)cc1)C1CCCN(c2cn[nH]c(=O)c2)C1. The molecule has 2 N–H and O–H groups in total. The van der Waals surface area contributed by atoms with Crippen LogP contribution in [-0.4, -0.2) is 42.3 Å². The molecule has 2 fully saturated rings. The van der Waals surface area contributed by atoms with E-state index in [-0.39, 0.29) is 17.4 Å². The Kier molecular flexibility index (Phi) is 6.12. The molecule has 4 rings (SSSR count). The number of nitrogens with zero attached hydrogens (tertiary/aromatic N) is 3. The number of hydrogen-bond donors (Lipinski definition) is 2. The predicted molar refractivity (Wildman–Crippen MR) is 114 cm³/mol. The van der Waals surface area contributed by atoms with Crippen LogP contribution in [0.3, 0.4) is 0 Å². The van der Waals surface area contributed by atoms with E-state index in [2.05, 4.69) is 49.6 Å². The number of aromatic nitrogens is 2. The number of hydrogen-bond acceptors (Lipinski definition) is 5. The molecule has 0 radical (unpaired) electrons. The van der Waals surface area contributed by atoms with Gasteiger partial charge in [-0.15, -0.1) is 0 Å². The molecular weight excluding hydrogens is 366 g/mol. The number of piperidine rings is 2. The fourth-order valence-corrected chi connectivity index (χ4v) is 4.27. The summed E-state index contributed by atoms with van der Waals surface area (Å²) in [6, 6.07) is 10.1. The van der Waals surface area contributed by atoms with Gasteiger partial charge in [0.2, 0.25) is 5.91 Å². The first-order valence-corrected chi connectivity index (χ1v) is 10.6. The van der Waals surface area contributed by atoms with E-state index in [0.29, 0.717) is 13.1 Å². The van der Waals surface area contributed by atoms with Crippen molar-refractivity contribution in [3.63, 3.8) is 0 Å². The van der Waals surface area contributed by atoms with Crippen LogP contribution >= 0.6 is 0 Å². The molecule has 7 nitrogen and oxygen atoms in total. The Bertz CT molecular complexity index is 873. The van der Waals surface area contributed by atoms with Gasteiger partial charge in [-0.1, -0.05) is 12.1 Å². The number of amides is 1. The molecule has 1 amide bonds. The number of aromatic amines is 1. The van der Waals surface area contributed by atoms with Crippen LogP contribution in [0.1, 0.15) is 37.7 Å². The molecule has 1 aromatic carbocycles. The number of rotatable bonds is 5. The quantitative estimate of drug-likeness (QED) is 0.812. The maximum atomic E-state index is 12.7. The first kappa shape index (κ1) is 19.5. The Morgan fingerprint density at radius 1 is 1.03 bits per heavy atom. The molecule has 7 heteroatoms. The van der Waals surface area contributed by atoms with Gasteiger partial charge in [0.25, 0.3) is 5.56 Å². The highest BCUT2D eigenvalue weighted by Crippen LogP contribution is 2.22. The predicted octanol–water partition coefficient (Wildman–Crippen LogP) is 2.29. The van der Waals surface area contributed by atoms with Crippen LogP contribution in [0.5, 0.6) is 0 Å². The van der Waals surface area contributed by atoms with E-state index in [1.165, 1.54) is 31.0 Å². The zero-order valence-corrected chi connectivity index (χ0v) is 16.8. The zero-order valence-electron chi connectivity index (χ0n) is 16.8. The first-order chi connectivity index (χ1) is 14.2. The van der Waals surface area contributed by atoms with E-state index >= 15 is 0 Å². The van der Waals surface area contributed by atoms with Crippen molar-refractivity contribution in [2.45, 2.75) is 38.6 Å². The Balaban J connectivity index is 1.30. The van der Waals surface area contributed by atoms with E-state index in [1.807, 2.05) is 0 Å². The maximum Gasteiger partial charge on any atom is 0.266 e. The van der Waals surface area contributed by atoms with Crippen molar-refractivity contribution < 1.29 is 4.79 Å². The molecule has 3 heterocycles. The van der Waals surface area contributed by atoms with Crippen LogP contribution in [0.2, 0.25) is 0 Å². The minimum Gasteiger partial charge on any atom is -0.372 e. The van der Waals surface area contributed by atoms with Crippen molar-refractivity contribution in [2.24, 2.45) is 5.92 Å². The Morgan fingerprint density at radius 2 is 1.79 bits per heavy atom. The van der Waals surface area contributed by atoms with Gasteiger partial charge >= 0.3 is 0 Å². The van der Waals surface area contributed by atoms with Gasteiger partial charge in [0.1, 0.15) is 0 Å². The van der Waals surface area contributed by atoms with Crippen molar-refractivity contribution in [1.29, 1.82) is 0 Å². The molecule has 1 unspecified atom stereocenters. The van der Waals surface area contributed by atoms with Crippen molar-refractivity contribution >= 4 is 17.3 Å². The zero-order chi connectivity index (χ0) is 20.1. The molecular formula is C22H29N5O2. The summed E-state index contributed by atoms with van der Waals surface area (Å²) in [5, 5.41) is 9.34. The first-order valence-electron chi connectivity index (χ1n) is 10.6. The third-order valence-corrected chi connectivity index (χ3v) is 5.93. The summed E-state index contributed by atoms with van der Waals surface area (Å²) in [5.74, 6) is 0.00303. The summed E-state index contributed by atoms with van der Waals surface area (Å²) in [6.07, 6.45) is 7.30. The maximum absolute atomic E-state index is 12.7. The second-order valence-electron chi connectivity index (χ2n) is 8.02. The lowest BCUT2D eigenvalue weighted by Gasteiger charge is -2.33. The number of anilines is 2. The van der Waals surface area contributed by atoms with Gasteiger partial charge in [0.15, 0.2) is 0 Å². The van der Waals surface area contributed by atoms with Crippen molar-refractivity contribution in [2.75, 3.05) is 36.0 Å². The summed E-state index contributed by atoms with van der Waals surface area (Å²) in [6.45, 7) is 4.27. The second kappa shape index (κ2) is 9.11. The summed E-state index contributed by atoms with van der Waals surface area (Å²) in [4.78, 5) is 28.7. The van der Waals surface area contributed by atoms with E-state index in [0.717, 1.165) is 43.7 Å². The molecule has 2 saturated heterocycles. The smallest absolute Gasteiger partial charge is 0.266 e. The van der Waals surface area contributed by atoms with Gasteiger partial charge in [-0.3, -0.25) is 9.59 Å². The molecule has 0 spiro atoms. The summed E-state index contributed by atoms with van der Waals surface area (Å²) in [7, 11) is 0. The fourth-order valence-electron chi connectivity index (χ4n) is 4.27. The minimum atomic E-state index is -0.220. The van der Waals surface area contributed by atoms with Gasteiger partial charge in [0, 0.05) is 44.5 Å². The molecule has 2 aliphatic heterocycles. The summed E-state index contributed by atoms with van der Waals surface area (Å²) in [5.41, 5.74) is 2.95. The van der Waals surface area contributed by atoms with Crippen LogP contribution in [0.4, 0.5) is 11.4 Å². The lowest BCUT2D eigenvalue weighted by molar-refractivity contribution is -0.125. The van der Waals surface area contributed by atoms with Gasteiger partial charge in [-0.05, 0) is 49.8 Å². The molecule has 0 bridgehead atoms. The van der Waals surface area contributed by atoms with Gasteiger partial charge in [-0.25, -0.2) is 5.10 Å². The highest BCUT2D eigenvalue weighted by Gasteiger charge is 2.26. The number of H-pyrrole nitrogens is 1. The van der Waals surface area contributed by atoms with Crippen molar-refractivity contribution in [3.8, 4) is 0 Å². The summed E-state index contributed by atoms with van der Waals surface area (Å²) < 4.78 is 0. The Morgan fingerprint density at radius 3 is 2.55 bits per heavy atom. The van der Waals surface area contributed by atoms with Gasteiger partial charge in [0.05, 0.1) is 17.8 Å². The van der Waals surface area contributed by atoms with Crippen molar-refractivity contribution in [1.82, 2.24) is 15.5 Å². The number of benzene rings is 1. The van der Waals surface area contributed by atoms with E-state index in [1.54, 1.807) is 6.20 Å². The number of carbonyl (C=O) groups excluding carboxylic acids is 1. The van der Waals surface area contributed by atoms with Crippen LogP contribution in [0.25, 0.3) is 0 Å². The molecule has 1 atom stereocenters. The van der Waals surface area contributed by atoms with Crippen molar-refractivity contribution in [3.05, 3.63) is 52.4 Å². The Labute approximate surface area is 171 Å². The molecule has 0 saturated carbocycles. The largest absolute Gasteiger partial charge is 0.372 e. The number of carbonyl (C=O) groups is 1. The highest BCUT2D eigenvalue weighted by molar-refractivity contribution is 5.79. The highest BCUT2D eigenvalue weighted by atomic mass is 16.2. The number of nitrogens with one attached hydrogen (secondary N) is 2. The molecule has 1 aromatic heterocycles. The average Bonchev–Trinajstić information content (AvgIpc) is 2.78. The average molecular weight is 396 g/mol.